The van der Waals surface area contributed by atoms with Crippen LogP contribution in [-0.4, -0.2) is 34.2 Å². The van der Waals surface area contributed by atoms with Gasteiger partial charge in [0.1, 0.15) is 6.04 Å². The molecule has 3 amide bonds. The molecular weight excluding hydrogens is 306 g/mol. The second-order valence-electron chi connectivity index (χ2n) is 7.23. The molecule has 2 N–H and O–H groups in total. The molecule has 1 aromatic rings. The molecule has 6 heteroatoms. The first-order valence-electron chi connectivity index (χ1n) is 7.97. The summed E-state index contributed by atoms with van der Waals surface area (Å²) in [6.45, 7) is 9.66. The fraction of sp³-hybridized carbons (Fsp3) is 0.389. The first-order chi connectivity index (χ1) is 11.2. The normalized spacial score (nSPS) is 21.0. The topological polar surface area (TPSA) is 78.5 Å². The fourth-order valence-corrected chi connectivity index (χ4v) is 3.10. The third-order valence-corrected chi connectivity index (χ3v) is 4.09. The number of rotatable bonds is 2. The average molecular weight is 327 g/mol. The highest BCUT2D eigenvalue weighted by Gasteiger charge is 2.45. The Bertz CT molecular complexity index is 761. The van der Waals surface area contributed by atoms with E-state index in [2.05, 4.69) is 17.2 Å². The van der Waals surface area contributed by atoms with E-state index < -0.39 is 17.9 Å². The highest BCUT2D eigenvalue weighted by Crippen LogP contribution is 2.33. The summed E-state index contributed by atoms with van der Waals surface area (Å²) in [7, 11) is 0. The molecule has 1 saturated heterocycles. The van der Waals surface area contributed by atoms with Gasteiger partial charge in [0.25, 0.3) is 11.8 Å². The molecule has 0 saturated carbocycles. The molecule has 0 spiro atoms. The van der Waals surface area contributed by atoms with E-state index in [9.17, 15) is 14.4 Å². The SMILES string of the molecule is C=C1CCC(N2C(=O)c3cccc(NC(C)(C)C)c3C2=O)C(=O)N1. The lowest BCUT2D eigenvalue weighted by atomic mass is 10.0. The van der Waals surface area contributed by atoms with Gasteiger partial charge in [0.15, 0.2) is 0 Å². The van der Waals surface area contributed by atoms with Crippen molar-refractivity contribution < 1.29 is 14.4 Å². The quantitative estimate of drug-likeness (QED) is 0.817. The number of carbonyl (C=O) groups excluding carboxylic acids is 3. The summed E-state index contributed by atoms with van der Waals surface area (Å²) in [4.78, 5) is 38.9. The van der Waals surface area contributed by atoms with E-state index in [1.807, 2.05) is 20.8 Å². The summed E-state index contributed by atoms with van der Waals surface area (Å²) in [6.07, 6.45) is 0.953. The van der Waals surface area contributed by atoms with Crippen molar-refractivity contribution in [3.05, 3.63) is 41.6 Å². The number of imide groups is 1. The number of hydrogen-bond donors (Lipinski definition) is 2. The summed E-state index contributed by atoms with van der Waals surface area (Å²) < 4.78 is 0. The number of amides is 3. The summed E-state index contributed by atoms with van der Waals surface area (Å²) >= 11 is 0. The summed E-state index contributed by atoms with van der Waals surface area (Å²) in [5.74, 6) is -1.19. The Morgan fingerprint density at radius 2 is 1.92 bits per heavy atom. The number of hydrogen-bond acceptors (Lipinski definition) is 4. The van der Waals surface area contributed by atoms with Gasteiger partial charge in [-0.3, -0.25) is 19.3 Å². The fourth-order valence-electron chi connectivity index (χ4n) is 3.10. The first-order valence-corrected chi connectivity index (χ1v) is 7.97. The van der Waals surface area contributed by atoms with Crippen LogP contribution < -0.4 is 10.6 Å². The molecule has 0 radical (unpaired) electrons. The van der Waals surface area contributed by atoms with Gasteiger partial charge >= 0.3 is 0 Å². The summed E-state index contributed by atoms with van der Waals surface area (Å²) in [5.41, 5.74) is 1.65. The highest BCUT2D eigenvalue weighted by molar-refractivity contribution is 6.25. The van der Waals surface area contributed by atoms with E-state index in [1.54, 1.807) is 18.2 Å². The lowest BCUT2D eigenvalue weighted by molar-refractivity contribution is -0.125. The number of anilines is 1. The van der Waals surface area contributed by atoms with Crippen LogP contribution in [0, 0.1) is 0 Å². The molecule has 126 valence electrons. The Kier molecular flexibility index (Phi) is 3.70. The monoisotopic (exact) mass is 327 g/mol. The molecule has 2 heterocycles. The van der Waals surface area contributed by atoms with Gasteiger partial charge in [0.2, 0.25) is 5.91 Å². The Labute approximate surface area is 140 Å². The van der Waals surface area contributed by atoms with Gasteiger partial charge in [0, 0.05) is 16.9 Å². The van der Waals surface area contributed by atoms with Gasteiger partial charge in [-0.1, -0.05) is 12.6 Å². The predicted molar refractivity (Wildman–Crippen MR) is 90.6 cm³/mol. The third-order valence-electron chi connectivity index (χ3n) is 4.09. The molecule has 24 heavy (non-hydrogen) atoms. The van der Waals surface area contributed by atoms with Crippen molar-refractivity contribution >= 4 is 23.4 Å². The lowest BCUT2D eigenvalue weighted by Crippen LogP contribution is -2.51. The Balaban J connectivity index is 1.98. The van der Waals surface area contributed by atoms with E-state index >= 15 is 0 Å². The Morgan fingerprint density at radius 1 is 1.21 bits per heavy atom. The van der Waals surface area contributed by atoms with Crippen LogP contribution in [0.15, 0.2) is 30.5 Å². The second-order valence-corrected chi connectivity index (χ2v) is 7.23. The molecule has 2 aliphatic rings. The minimum Gasteiger partial charge on any atom is -0.380 e. The number of piperidine rings is 1. The van der Waals surface area contributed by atoms with Crippen molar-refractivity contribution in [1.29, 1.82) is 0 Å². The molecule has 0 aromatic heterocycles. The summed E-state index contributed by atoms with van der Waals surface area (Å²) in [6, 6.07) is 4.36. The zero-order valence-electron chi connectivity index (χ0n) is 14.1. The van der Waals surface area contributed by atoms with E-state index in [4.69, 9.17) is 0 Å². The van der Waals surface area contributed by atoms with E-state index in [0.717, 1.165) is 4.90 Å². The van der Waals surface area contributed by atoms with Crippen molar-refractivity contribution in [2.75, 3.05) is 5.32 Å². The Morgan fingerprint density at radius 3 is 2.54 bits per heavy atom. The molecule has 0 bridgehead atoms. The van der Waals surface area contributed by atoms with Crippen molar-refractivity contribution in [3.8, 4) is 0 Å². The predicted octanol–water partition coefficient (Wildman–Crippen LogP) is 2.29. The van der Waals surface area contributed by atoms with Gasteiger partial charge in [0.05, 0.1) is 11.1 Å². The van der Waals surface area contributed by atoms with Crippen LogP contribution in [0.25, 0.3) is 0 Å². The third kappa shape index (κ3) is 2.68. The zero-order valence-corrected chi connectivity index (χ0v) is 14.1. The molecular formula is C18H21N3O3. The van der Waals surface area contributed by atoms with Gasteiger partial charge in [-0.25, -0.2) is 0 Å². The van der Waals surface area contributed by atoms with Gasteiger partial charge in [-0.2, -0.15) is 0 Å². The molecule has 2 aliphatic heterocycles. The molecule has 1 atom stereocenters. The molecule has 3 rings (SSSR count). The smallest absolute Gasteiger partial charge is 0.264 e. The van der Waals surface area contributed by atoms with Crippen LogP contribution in [0.2, 0.25) is 0 Å². The average Bonchev–Trinajstić information content (AvgIpc) is 2.71. The molecule has 1 unspecified atom stereocenters. The van der Waals surface area contributed by atoms with Crippen molar-refractivity contribution in [2.45, 2.75) is 45.2 Å². The second kappa shape index (κ2) is 5.47. The molecule has 1 fully saturated rings. The number of allylic oxidation sites excluding steroid dienone is 1. The van der Waals surface area contributed by atoms with Crippen LogP contribution in [0.4, 0.5) is 5.69 Å². The number of nitrogens with one attached hydrogen (secondary N) is 2. The standard InChI is InChI=1S/C18H21N3O3/c1-10-8-9-13(15(22)19-10)21-16(23)11-6-5-7-12(14(11)17(21)24)20-18(2,3)4/h5-7,13,20H,1,8-9H2,2-4H3,(H,19,22). The van der Waals surface area contributed by atoms with E-state index in [0.29, 0.717) is 35.4 Å². The Hall–Kier alpha value is -2.63. The zero-order chi connectivity index (χ0) is 17.6. The number of fused-ring (bicyclic) bond motifs is 1. The molecule has 0 aliphatic carbocycles. The van der Waals surface area contributed by atoms with Gasteiger partial charge < -0.3 is 10.6 Å². The minimum atomic E-state index is -0.787. The lowest BCUT2D eigenvalue weighted by Gasteiger charge is -2.29. The van der Waals surface area contributed by atoms with E-state index in [-0.39, 0.29) is 11.4 Å². The number of carbonyl (C=O) groups is 3. The van der Waals surface area contributed by atoms with Crippen molar-refractivity contribution in [2.24, 2.45) is 0 Å². The van der Waals surface area contributed by atoms with Crippen LogP contribution in [0.5, 0.6) is 0 Å². The number of nitrogens with zero attached hydrogens (tertiary/aromatic N) is 1. The van der Waals surface area contributed by atoms with Crippen molar-refractivity contribution in [1.82, 2.24) is 10.2 Å². The van der Waals surface area contributed by atoms with Crippen LogP contribution in [0.1, 0.15) is 54.3 Å². The van der Waals surface area contributed by atoms with Crippen LogP contribution in [-0.2, 0) is 4.79 Å². The highest BCUT2D eigenvalue weighted by atomic mass is 16.2. The molecule has 6 nitrogen and oxygen atoms in total. The molecule has 1 aromatic carbocycles. The largest absolute Gasteiger partial charge is 0.380 e. The number of benzene rings is 1. The maximum absolute atomic E-state index is 12.9. The van der Waals surface area contributed by atoms with Gasteiger partial charge in [-0.15, -0.1) is 0 Å². The summed E-state index contributed by atoms with van der Waals surface area (Å²) in [5, 5.41) is 5.89. The van der Waals surface area contributed by atoms with E-state index in [1.165, 1.54) is 0 Å². The van der Waals surface area contributed by atoms with Crippen molar-refractivity contribution in [3.63, 3.8) is 0 Å². The maximum Gasteiger partial charge on any atom is 0.264 e. The maximum atomic E-state index is 12.9. The first kappa shape index (κ1) is 16.2. The van der Waals surface area contributed by atoms with Gasteiger partial charge in [-0.05, 0) is 45.7 Å². The minimum absolute atomic E-state index is 0.258. The van der Waals surface area contributed by atoms with Crippen LogP contribution >= 0.6 is 0 Å². The van der Waals surface area contributed by atoms with Crippen LogP contribution in [0.3, 0.4) is 0 Å².